The third-order valence-electron chi connectivity index (χ3n) is 4.51. The van der Waals surface area contributed by atoms with E-state index in [4.69, 9.17) is 14.7 Å². The normalized spacial score (nSPS) is 17.5. The first-order chi connectivity index (χ1) is 13.4. The summed E-state index contributed by atoms with van der Waals surface area (Å²) >= 11 is 3.22. The molecule has 0 radical (unpaired) electrons. The molecule has 0 aromatic heterocycles. The van der Waals surface area contributed by atoms with E-state index in [9.17, 15) is 24.0 Å². The number of carbonyl (C=O) groups is 5. The highest BCUT2D eigenvalue weighted by molar-refractivity contribution is 9.10. The van der Waals surface area contributed by atoms with E-state index in [0.717, 1.165) is 0 Å². The molecule has 0 saturated carbocycles. The fourth-order valence-electron chi connectivity index (χ4n) is 2.94. The zero-order chi connectivity index (χ0) is 22.4. The Morgan fingerprint density at radius 2 is 1.69 bits per heavy atom. The second-order valence-corrected chi connectivity index (χ2v) is 9.40. The van der Waals surface area contributed by atoms with E-state index in [0.29, 0.717) is 5.06 Å². The van der Waals surface area contributed by atoms with Gasteiger partial charge in [0.05, 0.1) is 19.1 Å². The maximum atomic E-state index is 12.6. The van der Waals surface area contributed by atoms with Crippen molar-refractivity contribution in [3.63, 3.8) is 0 Å². The second kappa shape index (κ2) is 10.1. The number of carbonyl (C=O) groups excluding carboxylic acids is 5. The van der Waals surface area contributed by atoms with Crippen LogP contribution in [0.5, 0.6) is 0 Å². The van der Waals surface area contributed by atoms with E-state index in [2.05, 4.69) is 21.2 Å². The maximum absolute atomic E-state index is 12.6. The molecule has 3 amide bonds. The minimum atomic E-state index is -1.43. The van der Waals surface area contributed by atoms with Gasteiger partial charge in [-0.05, 0) is 33.6 Å². The first-order valence-electron chi connectivity index (χ1n) is 9.10. The number of methoxy groups -OCH3 is 1. The lowest BCUT2D eigenvalue weighted by atomic mass is 9.79. The average molecular weight is 479 g/mol. The Morgan fingerprint density at radius 3 is 2.17 bits per heavy atom. The first-order valence-corrected chi connectivity index (χ1v) is 9.89. The zero-order valence-electron chi connectivity index (χ0n) is 17.0. The minimum absolute atomic E-state index is 0.00815. The summed E-state index contributed by atoms with van der Waals surface area (Å²) in [6.07, 6.45) is -0.123. The summed E-state index contributed by atoms with van der Waals surface area (Å²) < 4.78 is 3.34. The molecular weight excluding hydrogens is 452 g/mol. The molecule has 1 fully saturated rings. The van der Waals surface area contributed by atoms with Crippen LogP contribution in [0, 0.1) is 11.3 Å². The quantitative estimate of drug-likeness (QED) is 0.262. The van der Waals surface area contributed by atoms with E-state index in [1.807, 2.05) is 0 Å². The van der Waals surface area contributed by atoms with Crippen LogP contribution in [0.3, 0.4) is 0 Å². The predicted molar refractivity (Wildman–Crippen MR) is 103 cm³/mol. The number of ether oxygens (including phenoxy) is 1. The average Bonchev–Trinajstić information content (AvgIpc) is 2.96. The molecule has 1 aliphatic rings. The zero-order valence-corrected chi connectivity index (χ0v) is 18.5. The molecule has 2 N–H and O–H groups in total. The summed E-state index contributed by atoms with van der Waals surface area (Å²) in [7, 11) is 1.24. The van der Waals surface area contributed by atoms with E-state index in [-0.39, 0.29) is 38.8 Å². The summed E-state index contributed by atoms with van der Waals surface area (Å²) in [6, 6.07) is 0. The summed E-state index contributed by atoms with van der Waals surface area (Å²) in [5.74, 6) is -3.98. The van der Waals surface area contributed by atoms with Crippen LogP contribution < -0.4 is 5.32 Å². The molecule has 0 spiro atoms. The number of halogens is 1. The van der Waals surface area contributed by atoms with Crippen molar-refractivity contribution in [2.75, 3.05) is 20.3 Å². The number of rotatable bonds is 10. The maximum Gasteiger partial charge on any atom is 0.349 e. The minimum Gasteiger partial charge on any atom is -0.469 e. The van der Waals surface area contributed by atoms with Crippen LogP contribution in [0.15, 0.2) is 0 Å². The number of imide groups is 1. The van der Waals surface area contributed by atoms with Gasteiger partial charge < -0.3 is 20.0 Å². The molecule has 11 heteroatoms. The van der Waals surface area contributed by atoms with Crippen molar-refractivity contribution in [1.29, 1.82) is 0 Å². The molecule has 164 valence electrons. The van der Waals surface area contributed by atoms with Gasteiger partial charge in [0.15, 0.2) is 0 Å². The van der Waals surface area contributed by atoms with Crippen molar-refractivity contribution >= 4 is 45.6 Å². The topological polar surface area (TPSA) is 139 Å². The predicted octanol–water partition coefficient (Wildman–Crippen LogP) is 0.451. The van der Waals surface area contributed by atoms with Gasteiger partial charge in [0.1, 0.15) is 4.32 Å². The SMILES string of the molecule is COC(=O)C(C)(C)CC(CC(C)(Br)C(=O)ON1C(=O)CCC1=O)C(=O)NCCO. The Balaban J connectivity index is 2.97. The van der Waals surface area contributed by atoms with Crippen molar-refractivity contribution in [2.45, 2.75) is 50.8 Å². The third kappa shape index (κ3) is 6.77. The fraction of sp³-hybridized carbons (Fsp3) is 0.722. The van der Waals surface area contributed by atoms with Crippen LogP contribution in [-0.2, 0) is 33.5 Å². The second-order valence-electron chi connectivity index (χ2n) is 7.65. The summed E-state index contributed by atoms with van der Waals surface area (Å²) in [5, 5.41) is 11.9. The standard InChI is InChI=1S/C18H27BrN2O8/c1-17(2,15(26)28-4)9-11(14(25)20-7-8-22)10-18(3,19)16(27)29-21-12(23)5-6-13(21)24/h11,22H,5-10H2,1-4H3,(H,20,25). The van der Waals surface area contributed by atoms with Gasteiger partial charge in [0.2, 0.25) is 5.91 Å². The number of hydroxylamine groups is 2. The number of esters is 1. The third-order valence-corrected chi connectivity index (χ3v) is 5.16. The van der Waals surface area contributed by atoms with E-state index in [1.54, 1.807) is 13.8 Å². The molecule has 0 aliphatic carbocycles. The number of nitrogens with zero attached hydrogens (tertiary/aromatic N) is 1. The Labute approximate surface area is 177 Å². The molecule has 1 saturated heterocycles. The Bertz CT molecular complexity index is 661. The largest absolute Gasteiger partial charge is 0.469 e. The van der Waals surface area contributed by atoms with Crippen molar-refractivity contribution in [3.8, 4) is 0 Å². The molecule has 29 heavy (non-hydrogen) atoms. The smallest absolute Gasteiger partial charge is 0.349 e. The fourth-order valence-corrected chi connectivity index (χ4v) is 3.40. The highest BCUT2D eigenvalue weighted by Crippen LogP contribution is 2.36. The van der Waals surface area contributed by atoms with Crippen molar-refractivity contribution < 1.29 is 38.7 Å². The molecule has 2 atom stereocenters. The molecule has 1 rings (SSSR count). The molecule has 2 unspecified atom stereocenters. The van der Waals surface area contributed by atoms with Crippen LogP contribution in [0.1, 0.15) is 46.5 Å². The van der Waals surface area contributed by atoms with Gasteiger partial charge in [-0.15, -0.1) is 5.06 Å². The summed E-state index contributed by atoms with van der Waals surface area (Å²) in [6.45, 7) is 4.39. The highest BCUT2D eigenvalue weighted by atomic mass is 79.9. The Morgan fingerprint density at radius 1 is 1.14 bits per heavy atom. The van der Waals surface area contributed by atoms with Gasteiger partial charge in [0.25, 0.3) is 11.8 Å². The Kier molecular flexibility index (Phi) is 8.76. The molecule has 0 aromatic carbocycles. The molecule has 1 aliphatic heterocycles. The number of amides is 3. The highest BCUT2D eigenvalue weighted by Gasteiger charge is 2.44. The van der Waals surface area contributed by atoms with E-state index >= 15 is 0 Å². The Hall–Kier alpha value is -2.01. The van der Waals surface area contributed by atoms with Crippen molar-refractivity contribution in [2.24, 2.45) is 11.3 Å². The van der Waals surface area contributed by atoms with Gasteiger partial charge in [0, 0.05) is 25.3 Å². The van der Waals surface area contributed by atoms with Gasteiger partial charge >= 0.3 is 11.9 Å². The van der Waals surface area contributed by atoms with Gasteiger partial charge in [-0.25, -0.2) is 4.79 Å². The number of hydrogen-bond donors (Lipinski definition) is 2. The van der Waals surface area contributed by atoms with E-state index in [1.165, 1.54) is 14.0 Å². The summed E-state index contributed by atoms with van der Waals surface area (Å²) in [5.41, 5.74) is -1.02. The van der Waals surface area contributed by atoms with Crippen LogP contribution in [-0.4, -0.2) is 64.4 Å². The van der Waals surface area contributed by atoms with Crippen LogP contribution >= 0.6 is 15.9 Å². The number of alkyl halides is 1. The lowest BCUT2D eigenvalue weighted by Crippen LogP contribution is -2.44. The number of aliphatic hydroxyl groups excluding tert-OH is 1. The first kappa shape index (κ1) is 25.0. The number of aliphatic hydroxyl groups is 1. The molecular formula is C18H27BrN2O8. The monoisotopic (exact) mass is 478 g/mol. The van der Waals surface area contributed by atoms with Gasteiger partial charge in [-0.3, -0.25) is 19.2 Å². The van der Waals surface area contributed by atoms with Gasteiger partial charge in [-0.1, -0.05) is 15.9 Å². The van der Waals surface area contributed by atoms with E-state index < -0.39 is 45.3 Å². The van der Waals surface area contributed by atoms with Crippen LogP contribution in [0.25, 0.3) is 0 Å². The lowest BCUT2D eigenvalue weighted by molar-refractivity contribution is -0.199. The van der Waals surface area contributed by atoms with Crippen LogP contribution in [0.2, 0.25) is 0 Å². The lowest BCUT2D eigenvalue weighted by Gasteiger charge is -2.31. The number of hydrogen-bond acceptors (Lipinski definition) is 8. The number of nitrogens with one attached hydrogen (secondary N) is 1. The van der Waals surface area contributed by atoms with Crippen LogP contribution in [0.4, 0.5) is 0 Å². The van der Waals surface area contributed by atoms with Crippen molar-refractivity contribution in [3.05, 3.63) is 0 Å². The molecule has 0 aromatic rings. The summed E-state index contributed by atoms with van der Waals surface area (Å²) in [4.78, 5) is 65.4. The molecule has 0 bridgehead atoms. The van der Waals surface area contributed by atoms with Crippen molar-refractivity contribution in [1.82, 2.24) is 10.4 Å². The van der Waals surface area contributed by atoms with Gasteiger partial charge in [-0.2, -0.15) is 0 Å². The molecule has 10 nitrogen and oxygen atoms in total. The molecule has 1 heterocycles.